The third kappa shape index (κ3) is 4.61. The van der Waals surface area contributed by atoms with Gasteiger partial charge < -0.3 is 9.84 Å². The molecule has 0 aromatic rings. The molecule has 3 nitrogen and oxygen atoms in total. The number of carboxylic acid groups (broad SMARTS) is 1. The molecule has 0 saturated carbocycles. The number of alkyl halides is 8. The summed E-state index contributed by atoms with van der Waals surface area (Å²) >= 11 is 0. The average molecular weight is 276 g/mol. The zero-order valence-electron chi connectivity index (χ0n) is 7.57. The second kappa shape index (κ2) is 4.53. The van der Waals surface area contributed by atoms with E-state index in [1.54, 1.807) is 0 Å². The Hall–Kier alpha value is -1.29. The molecule has 1 unspecified atom stereocenters. The molecule has 0 saturated heterocycles. The summed E-state index contributed by atoms with van der Waals surface area (Å²) < 4.78 is 98.1. The lowest BCUT2D eigenvalue weighted by molar-refractivity contribution is -0.323. The summed E-state index contributed by atoms with van der Waals surface area (Å²) in [6.45, 7) is 0. The van der Waals surface area contributed by atoms with Crippen LogP contribution >= 0.6 is 0 Å². The first kappa shape index (κ1) is 15.7. The Balaban J connectivity index is 5.11. The van der Waals surface area contributed by atoms with Gasteiger partial charge in [0, 0.05) is 0 Å². The van der Waals surface area contributed by atoms with Gasteiger partial charge in [0.15, 0.2) is 6.10 Å². The fourth-order valence-electron chi connectivity index (χ4n) is 0.758. The van der Waals surface area contributed by atoms with Crippen molar-refractivity contribution in [2.24, 2.45) is 0 Å². The van der Waals surface area contributed by atoms with Crippen LogP contribution in [0, 0.1) is 0 Å². The van der Waals surface area contributed by atoms with Gasteiger partial charge in [-0.1, -0.05) is 0 Å². The van der Waals surface area contributed by atoms with Crippen LogP contribution in [0.25, 0.3) is 0 Å². The number of rotatable bonds is 3. The Labute approximate surface area is 88.0 Å². The predicted octanol–water partition coefficient (Wildman–Crippen LogP) is 3.20. The molecule has 0 aromatic carbocycles. The van der Waals surface area contributed by atoms with Crippen molar-refractivity contribution in [3.8, 4) is 0 Å². The van der Waals surface area contributed by atoms with Gasteiger partial charge in [-0.25, -0.2) is 4.79 Å². The van der Waals surface area contributed by atoms with E-state index >= 15 is 0 Å². The quantitative estimate of drug-likeness (QED) is 0.636. The number of carbonyl (C=O) groups is 1. The van der Waals surface area contributed by atoms with E-state index in [9.17, 15) is 39.9 Å². The molecule has 0 heterocycles. The topological polar surface area (TPSA) is 46.5 Å². The van der Waals surface area contributed by atoms with Crippen LogP contribution in [0.15, 0.2) is 0 Å². The van der Waals surface area contributed by atoms with Gasteiger partial charge in [0.1, 0.15) is 0 Å². The molecule has 0 aliphatic heterocycles. The lowest BCUT2D eigenvalue weighted by Gasteiger charge is -2.27. The molecule has 0 rings (SSSR count). The largest absolute Gasteiger partial charge is 0.506 e. The smallest absolute Gasteiger partial charge is 0.450 e. The van der Waals surface area contributed by atoms with Crippen molar-refractivity contribution < 1.29 is 49.8 Å². The fourth-order valence-corrected chi connectivity index (χ4v) is 0.758. The summed E-state index contributed by atoms with van der Waals surface area (Å²) in [5, 5.41) is 7.82. The highest BCUT2D eigenvalue weighted by Crippen LogP contribution is 2.42. The molecule has 0 bridgehead atoms. The van der Waals surface area contributed by atoms with E-state index in [4.69, 9.17) is 5.11 Å². The van der Waals surface area contributed by atoms with Crippen LogP contribution in [-0.2, 0) is 4.74 Å². The molecule has 0 amide bonds. The van der Waals surface area contributed by atoms with Gasteiger partial charge in [0.2, 0.25) is 0 Å². The first-order valence-electron chi connectivity index (χ1n) is 3.68. The van der Waals surface area contributed by atoms with E-state index in [0.717, 1.165) is 0 Å². The molecule has 17 heavy (non-hydrogen) atoms. The molecule has 0 fully saturated rings. The third-order valence-electron chi connectivity index (χ3n) is 1.44. The van der Waals surface area contributed by atoms with Crippen LogP contribution in [0.1, 0.15) is 6.42 Å². The van der Waals surface area contributed by atoms with Gasteiger partial charge in [-0.2, -0.15) is 35.1 Å². The molecule has 1 N–H and O–H groups in total. The Kier molecular flexibility index (Phi) is 4.18. The standard InChI is InChI=1S/C6H4F8O3/c7-4(8,9)1-2(17-3(15)16)5(10,11)6(12,13)14/h2H,1H2,(H,15,16). The minimum absolute atomic E-state index is 2.66. The predicted molar refractivity (Wildman–Crippen MR) is 34.6 cm³/mol. The van der Waals surface area contributed by atoms with Crippen molar-refractivity contribution >= 4 is 6.16 Å². The van der Waals surface area contributed by atoms with E-state index in [0.29, 0.717) is 0 Å². The maximum absolute atomic E-state index is 12.5. The molecule has 0 aromatic heterocycles. The van der Waals surface area contributed by atoms with Crippen LogP contribution in [-0.4, -0.2) is 35.6 Å². The van der Waals surface area contributed by atoms with Crippen LogP contribution in [0.3, 0.4) is 0 Å². The third-order valence-corrected chi connectivity index (χ3v) is 1.44. The Morgan fingerprint density at radius 2 is 1.47 bits per heavy atom. The lowest BCUT2D eigenvalue weighted by atomic mass is 10.1. The fraction of sp³-hybridized carbons (Fsp3) is 0.833. The molecule has 11 heteroatoms. The molecular formula is C6H4F8O3. The van der Waals surface area contributed by atoms with Crippen molar-refractivity contribution in [3.05, 3.63) is 0 Å². The first-order chi connectivity index (χ1) is 7.27. The van der Waals surface area contributed by atoms with Crippen LogP contribution < -0.4 is 0 Å². The minimum atomic E-state index is -6.35. The zero-order chi connectivity index (χ0) is 14.1. The highest BCUT2D eigenvalue weighted by molar-refractivity contribution is 5.57. The number of ether oxygens (including phenoxy) is 1. The van der Waals surface area contributed by atoms with Crippen molar-refractivity contribution in [2.45, 2.75) is 30.8 Å². The molecule has 0 aliphatic rings. The summed E-state index contributed by atoms with van der Waals surface area (Å²) in [6.07, 6.45) is -21.1. The van der Waals surface area contributed by atoms with Crippen LogP contribution in [0.5, 0.6) is 0 Å². The number of hydrogen-bond acceptors (Lipinski definition) is 2. The minimum Gasteiger partial charge on any atom is -0.450 e. The second-order valence-electron chi connectivity index (χ2n) is 2.81. The van der Waals surface area contributed by atoms with Gasteiger partial charge in [-0.3, -0.25) is 0 Å². The summed E-state index contributed by atoms with van der Waals surface area (Å²) in [7, 11) is 0. The van der Waals surface area contributed by atoms with Gasteiger partial charge in [-0.05, 0) is 0 Å². The van der Waals surface area contributed by atoms with E-state index in [1.165, 1.54) is 0 Å². The number of hydrogen-bond donors (Lipinski definition) is 1. The normalized spacial score (nSPS) is 15.5. The number of halogens is 8. The van der Waals surface area contributed by atoms with Gasteiger partial charge in [0.05, 0.1) is 6.42 Å². The average Bonchev–Trinajstić information content (AvgIpc) is 1.96. The molecule has 0 radical (unpaired) electrons. The van der Waals surface area contributed by atoms with E-state index in [-0.39, 0.29) is 0 Å². The maximum atomic E-state index is 12.5. The molecule has 102 valence electrons. The second-order valence-corrected chi connectivity index (χ2v) is 2.81. The Bertz CT molecular complexity index is 280. The maximum Gasteiger partial charge on any atom is 0.506 e. The SMILES string of the molecule is O=C(O)OC(CC(F)(F)F)C(F)(F)C(F)(F)F. The first-order valence-corrected chi connectivity index (χ1v) is 3.68. The van der Waals surface area contributed by atoms with Crippen LogP contribution in [0.4, 0.5) is 39.9 Å². The van der Waals surface area contributed by atoms with E-state index in [2.05, 4.69) is 4.74 Å². The van der Waals surface area contributed by atoms with Crippen LogP contribution in [0.2, 0.25) is 0 Å². The van der Waals surface area contributed by atoms with E-state index in [1.807, 2.05) is 0 Å². The summed E-state index contributed by atoms with van der Waals surface area (Å²) in [5.74, 6) is -5.93. The van der Waals surface area contributed by atoms with Crippen molar-refractivity contribution in [3.63, 3.8) is 0 Å². The summed E-state index contributed by atoms with van der Waals surface area (Å²) in [4.78, 5) is 9.78. The zero-order valence-corrected chi connectivity index (χ0v) is 7.57. The van der Waals surface area contributed by atoms with Gasteiger partial charge in [0.25, 0.3) is 0 Å². The molecule has 0 spiro atoms. The highest BCUT2D eigenvalue weighted by Gasteiger charge is 2.66. The Morgan fingerprint density at radius 1 is 1.06 bits per heavy atom. The van der Waals surface area contributed by atoms with Crippen molar-refractivity contribution in [1.82, 2.24) is 0 Å². The monoisotopic (exact) mass is 276 g/mol. The van der Waals surface area contributed by atoms with Crippen molar-refractivity contribution in [1.29, 1.82) is 0 Å². The van der Waals surface area contributed by atoms with Crippen molar-refractivity contribution in [2.75, 3.05) is 0 Å². The molecule has 1 atom stereocenters. The summed E-state index contributed by atoms with van der Waals surface area (Å²) in [6, 6.07) is 0. The molecular weight excluding hydrogens is 272 g/mol. The molecule has 0 aliphatic carbocycles. The van der Waals surface area contributed by atoms with E-state index < -0.39 is 37.0 Å². The van der Waals surface area contributed by atoms with Gasteiger partial charge >= 0.3 is 24.4 Å². The summed E-state index contributed by atoms with van der Waals surface area (Å²) in [5.41, 5.74) is 0. The lowest BCUT2D eigenvalue weighted by Crippen LogP contribution is -2.50. The Morgan fingerprint density at radius 3 is 1.71 bits per heavy atom. The highest BCUT2D eigenvalue weighted by atomic mass is 19.4. The van der Waals surface area contributed by atoms with Gasteiger partial charge in [-0.15, -0.1) is 0 Å².